The van der Waals surface area contributed by atoms with Gasteiger partial charge in [-0.3, -0.25) is 0 Å². The van der Waals surface area contributed by atoms with E-state index in [4.69, 9.17) is 5.11 Å². The van der Waals surface area contributed by atoms with E-state index >= 15 is 0 Å². The average molecular weight is 271 g/mol. The number of aliphatic hydroxyl groups excluding tert-OH is 1. The second kappa shape index (κ2) is 6.21. The van der Waals surface area contributed by atoms with E-state index in [-0.39, 0.29) is 0 Å². The molecule has 0 aromatic heterocycles. The van der Waals surface area contributed by atoms with Crippen LogP contribution in [0, 0.1) is 0 Å². The summed E-state index contributed by atoms with van der Waals surface area (Å²) in [6.07, 6.45) is -1.50. The highest BCUT2D eigenvalue weighted by molar-refractivity contribution is 5.74. The van der Waals surface area contributed by atoms with Gasteiger partial charge in [-0.15, -0.1) is 0 Å². The number of carboxylic acids is 1. The molecule has 0 saturated heterocycles. The molecule has 2 aromatic carbocycles. The second-order valence-corrected chi connectivity index (χ2v) is 4.59. The molecule has 0 heterocycles. The Bertz CT molecular complexity index is 556. The molecule has 0 bridgehead atoms. The Hall–Kier alpha value is -2.33. The van der Waals surface area contributed by atoms with Gasteiger partial charge in [0, 0.05) is 12.7 Å². The molecule has 2 rings (SSSR count). The summed E-state index contributed by atoms with van der Waals surface area (Å²) in [4.78, 5) is 12.9. The van der Waals surface area contributed by atoms with E-state index in [0.29, 0.717) is 0 Å². The lowest BCUT2D eigenvalue weighted by Crippen LogP contribution is -2.38. The van der Waals surface area contributed by atoms with Crippen molar-refractivity contribution in [1.82, 2.24) is 0 Å². The molecule has 0 radical (unpaired) electrons. The fourth-order valence-electron chi connectivity index (χ4n) is 2.23. The van der Waals surface area contributed by atoms with Gasteiger partial charge in [-0.1, -0.05) is 48.5 Å². The summed E-state index contributed by atoms with van der Waals surface area (Å²) in [7, 11) is 1.78. The standard InChI is InChI=1S/C16H17NO3/c1-17(13-10-6-3-7-11-13)14(15(18)16(19)20)12-8-4-2-5-9-12/h2-11,14-15,18H,1H3,(H,19,20). The van der Waals surface area contributed by atoms with E-state index < -0.39 is 18.1 Å². The van der Waals surface area contributed by atoms with Crippen molar-refractivity contribution in [3.05, 3.63) is 66.2 Å². The molecule has 4 heteroatoms. The normalized spacial score (nSPS) is 13.5. The molecule has 0 fully saturated rings. The van der Waals surface area contributed by atoms with Gasteiger partial charge in [0.1, 0.15) is 0 Å². The maximum absolute atomic E-state index is 11.2. The fraction of sp³-hybridized carbons (Fsp3) is 0.188. The van der Waals surface area contributed by atoms with E-state index in [2.05, 4.69) is 0 Å². The predicted molar refractivity (Wildman–Crippen MR) is 77.7 cm³/mol. The first-order valence-corrected chi connectivity index (χ1v) is 6.35. The maximum Gasteiger partial charge on any atom is 0.335 e. The van der Waals surface area contributed by atoms with Crippen LogP contribution in [-0.2, 0) is 4.79 Å². The quantitative estimate of drug-likeness (QED) is 0.876. The molecule has 20 heavy (non-hydrogen) atoms. The van der Waals surface area contributed by atoms with Crippen molar-refractivity contribution < 1.29 is 15.0 Å². The van der Waals surface area contributed by atoms with Crippen molar-refractivity contribution in [2.24, 2.45) is 0 Å². The van der Waals surface area contributed by atoms with Crippen LogP contribution in [-0.4, -0.2) is 29.3 Å². The molecule has 0 spiro atoms. The molecule has 0 aliphatic carbocycles. The number of carboxylic acid groups (broad SMARTS) is 1. The SMILES string of the molecule is CN(c1ccccc1)C(c1ccccc1)C(O)C(=O)O. The van der Waals surface area contributed by atoms with Gasteiger partial charge in [0.15, 0.2) is 6.10 Å². The third kappa shape index (κ3) is 2.97. The molecule has 2 atom stereocenters. The molecule has 4 nitrogen and oxygen atoms in total. The summed E-state index contributed by atoms with van der Waals surface area (Å²) >= 11 is 0. The van der Waals surface area contributed by atoms with Crippen molar-refractivity contribution in [1.29, 1.82) is 0 Å². The zero-order valence-corrected chi connectivity index (χ0v) is 11.2. The van der Waals surface area contributed by atoms with Crippen LogP contribution in [0.4, 0.5) is 5.69 Å². The van der Waals surface area contributed by atoms with Crippen molar-refractivity contribution in [2.75, 3.05) is 11.9 Å². The Labute approximate surface area is 117 Å². The van der Waals surface area contributed by atoms with Crippen molar-refractivity contribution in [3.8, 4) is 0 Å². The third-order valence-corrected chi connectivity index (χ3v) is 3.27. The first-order valence-electron chi connectivity index (χ1n) is 6.35. The van der Waals surface area contributed by atoms with E-state index in [0.717, 1.165) is 11.3 Å². The molecule has 2 aromatic rings. The maximum atomic E-state index is 11.2. The zero-order valence-electron chi connectivity index (χ0n) is 11.2. The van der Waals surface area contributed by atoms with Gasteiger partial charge in [0.25, 0.3) is 0 Å². The number of carbonyl (C=O) groups is 1. The molecular weight excluding hydrogens is 254 g/mol. The van der Waals surface area contributed by atoms with E-state index in [1.165, 1.54) is 0 Å². The highest BCUT2D eigenvalue weighted by atomic mass is 16.4. The van der Waals surface area contributed by atoms with E-state index in [1.807, 2.05) is 60.7 Å². The number of nitrogens with zero attached hydrogens (tertiary/aromatic N) is 1. The number of likely N-dealkylation sites (N-methyl/N-ethyl adjacent to an activating group) is 1. The number of rotatable bonds is 5. The zero-order chi connectivity index (χ0) is 14.5. The van der Waals surface area contributed by atoms with Crippen LogP contribution >= 0.6 is 0 Å². The van der Waals surface area contributed by atoms with Gasteiger partial charge in [0.2, 0.25) is 0 Å². The number of anilines is 1. The Morgan fingerprint density at radius 1 is 1.00 bits per heavy atom. The Balaban J connectivity index is 2.39. The Kier molecular flexibility index (Phi) is 4.38. The fourth-order valence-corrected chi connectivity index (χ4v) is 2.23. The largest absolute Gasteiger partial charge is 0.479 e. The number of hydrogen-bond donors (Lipinski definition) is 2. The van der Waals surface area contributed by atoms with E-state index in [1.54, 1.807) is 11.9 Å². The van der Waals surface area contributed by atoms with Crippen molar-refractivity contribution in [3.63, 3.8) is 0 Å². The summed E-state index contributed by atoms with van der Waals surface area (Å²) in [6.45, 7) is 0. The van der Waals surface area contributed by atoms with E-state index in [9.17, 15) is 9.90 Å². The van der Waals surface area contributed by atoms with Crippen LogP contribution in [0.15, 0.2) is 60.7 Å². The summed E-state index contributed by atoms with van der Waals surface area (Å²) < 4.78 is 0. The van der Waals surface area contributed by atoms with Crippen LogP contribution < -0.4 is 4.90 Å². The minimum atomic E-state index is -1.50. The molecule has 104 valence electrons. The summed E-state index contributed by atoms with van der Waals surface area (Å²) in [5.41, 5.74) is 1.61. The van der Waals surface area contributed by atoms with Gasteiger partial charge in [-0.2, -0.15) is 0 Å². The first kappa shape index (κ1) is 14.1. The molecule has 0 aliphatic rings. The molecule has 0 saturated carbocycles. The third-order valence-electron chi connectivity index (χ3n) is 3.27. The monoisotopic (exact) mass is 271 g/mol. The number of para-hydroxylation sites is 1. The van der Waals surface area contributed by atoms with Gasteiger partial charge in [-0.05, 0) is 17.7 Å². The topological polar surface area (TPSA) is 60.8 Å². The Morgan fingerprint density at radius 3 is 2.00 bits per heavy atom. The number of hydrogen-bond acceptors (Lipinski definition) is 3. The molecule has 0 aliphatic heterocycles. The highest BCUT2D eigenvalue weighted by Crippen LogP contribution is 2.28. The number of aliphatic carboxylic acids is 1. The smallest absolute Gasteiger partial charge is 0.335 e. The van der Waals surface area contributed by atoms with Crippen LogP contribution in [0.2, 0.25) is 0 Å². The first-order chi connectivity index (χ1) is 9.61. The second-order valence-electron chi connectivity index (χ2n) is 4.59. The summed E-state index contributed by atoms with van der Waals surface area (Å²) in [5.74, 6) is -1.23. The van der Waals surface area contributed by atoms with Crippen LogP contribution in [0.3, 0.4) is 0 Å². The summed E-state index contributed by atoms with van der Waals surface area (Å²) in [6, 6.07) is 17.9. The minimum absolute atomic E-state index is 0.643. The van der Waals surface area contributed by atoms with Crippen LogP contribution in [0.1, 0.15) is 11.6 Å². The van der Waals surface area contributed by atoms with Gasteiger partial charge in [-0.25, -0.2) is 4.79 Å². The molecule has 0 amide bonds. The lowest BCUT2D eigenvalue weighted by atomic mass is 9.99. The highest BCUT2D eigenvalue weighted by Gasteiger charge is 2.30. The summed E-state index contributed by atoms with van der Waals surface area (Å²) in [5, 5.41) is 19.2. The number of aliphatic hydroxyl groups is 1. The lowest BCUT2D eigenvalue weighted by molar-refractivity contribution is -0.147. The molecular formula is C16H17NO3. The molecule has 2 N–H and O–H groups in total. The van der Waals surface area contributed by atoms with Gasteiger partial charge >= 0.3 is 5.97 Å². The number of benzene rings is 2. The van der Waals surface area contributed by atoms with Gasteiger partial charge in [0.05, 0.1) is 6.04 Å². The van der Waals surface area contributed by atoms with Crippen molar-refractivity contribution in [2.45, 2.75) is 12.1 Å². The Morgan fingerprint density at radius 2 is 1.50 bits per heavy atom. The van der Waals surface area contributed by atoms with Crippen LogP contribution in [0.5, 0.6) is 0 Å². The van der Waals surface area contributed by atoms with Crippen LogP contribution in [0.25, 0.3) is 0 Å². The lowest BCUT2D eigenvalue weighted by Gasteiger charge is -2.32. The van der Waals surface area contributed by atoms with Crippen molar-refractivity contribution >= 4 is 11.7 Å². The predicted octanol–water partition coefficient (Wildman–Crippen LogP) is 2.31. The average Bonchev–Trinajstić information content (AvgIpc) is 2.49. The minimum Gasteiger partial charge on any atom is -0.479 e. The molecule has 2 unspecified atom stereocenters. The van der Waals surface area contributed by atoms with Gasteiger partial charge < -0.3 is 15.1 Å².